The normalized spacial score (nSPS) is 23.1. The van der Waals surface area contributed by atoms with Crippen LogP contribution < -0.4 is 22.2 Å². The largest absolute Gasteiger partial charge is 0.477 e. The van der Waals surface area contributed by atoms with Gasteiger partial charge in [-0.05, 0) is 19.4 Å². The topological polar surface area (TPSA) is 215 Å². The van der Waals surface area contributed by atoms with Crippen LogP contribution in [0.2, 0.25) is 0 Å². The number of aliphatic carboxylic acids is 1. The van der Waals surface area contributed by atoms with E-state index in [0.29, 0.717) is 5.57 Å². The Morgan fingerprint density at radius 3 is 2.66 bits per heavy atom. The molecule has 0 aliphatic carbocycles. The summed E-state index contributed by atoms with van der Waals surface area (Å²) in [7, 11) is 2.58. The number of oxime groups is 1. The summed E-state index contributed by atoms with van der Waals surface area (Å²) < 4.78 is 0.883. The molecule has 1 fully saturated rings. The molecule has 15 nitrogen and oxygen atoms in total. The molecule has 0 spiro atoms. The molecule has 4 heterocycles. The van der Waals surface area contributed by atoms with E-state index >= 15 is 0 Å². The molecule has 202 valence electrons. The van der Waals surface area contributed by atoms with Crippen molar-refractivity contribution in [2.75, 3.05) is 24.3 Å². The molecule has 0 aromatic carbocycles. The number of hydrogen-bond donors (Lipinski definition) is 4. The summed E-state index contributed by atoms with van der Waals surface area (Å²) in [4.78, 5) is 73.4. The minimum absolute atomic E-state index is 0.0780. The zero-order valence-electron chi connectivity index (χ0n) is 20.4. The fourth-order valence-electron chi connectivity index (χ4n) is 3.99. The molecule has 5 N–H and O–H groups in total. The van der Waals surface area contributed by atoms with Gasteiger partial charge in [0.15, 0.2) is 16.0 Å². The number of nitrogens with zero attached hydrogens (tertiary/aromatic N) is 5. The highest BCUT2D eigenvalue weighted by Crippen LogP contribution is 2.55. The van der Waals surface area contributed by atoms with E-state index in [1.165, 1.54) is 38.2 Å². The smallest absolute Gasteiger partial charge is 0.352 e. The van der Waals surface area contributed by atoms with Crippen molar-refractivity contribution in [3.8, 4) is 0 Å². The SMILES string of the molecule is CO/N=C(/C(=O)N[C@]1(C)C(=O)N2C(C(=O)O)=C(CSc3nn(C)c(=O)c(=O)[nH]3)CS[C@@]21C)c1csc(N)n1. The second-order valence-corrected chi connectivity index (χ2v) is 11.6. The number of thioether (sulfide) groups is 2. The van der Waals surface area contributed by atoms with Crippen molar-refractivity contribution in [1.29, 1.82) is 0 Å². The number of anilines is 1. The van der Waals surface area contributed by atoms with Crippen molar-refractivity contribution in [3.63, 3.8) is 0 Å². The molecule has 18 heteroatoms. The fourth-order valence-corrected chi connectivity index (χ4v) is 6.99. The van der Waals surface area contributed by atoms with Crippen LogP contribution in [0.5, 0.6) is 0 Å². The van der Waals surface area contributed by atoms with Crippen LogP contribution in [0, 0.1) is 0 Å². The van der Waals surface area contributed by atoms with Crippen LogP contribution >= 0.6 is 34.9 Å². The molecule has 0 saturated carbocycles. The lowest BCUT2D eigenvalue weighted by molar-refractivity contribution is -0.165. The first-order valence-electron chi connectivity index (χ1n) is 10.7. The predicted molar refractivity (Wildman–Crippen MR) is 140 cm³/mol. The fraction of sp³-hybridized carbons (Fsp3) is 0.400. The Hall–Kier alpha value is -3.64. The average Bonchev–Trinajstić information content (AvgIpc) is 3.29. The lowest BCUT2D eigenvalue weighted by Crippen LogP contribution is -2.85. The second kappa shape index (κ2) is 9.91. The number of H-pyrrole nitrogens is 1. The van der Waals surface area contributed by atoms with E-state index in [1.807, 2.05) is 0 Å². The van der Waals surface area contributed by atoms with Crippen molar-refractivity contribution in [2.24, 2.45) is 12.2 Å². The number of aromatic amines is 1. The van der Waals surface area contributed by atoms with Crippen LogP contribution in [0.1, 0.15) is 19.5 Å². The third-order valence-corrected chi connectivity index (χ3v) is 9.40. The standard InChI is InChI=1S/C20H22N8O7S3/c1-19(24-12(29)10(26-35-4)9-7-36-17(21)22-9)16(34)28-11(15(32)33)8(6-38-20(19,28)2)5-37-18-23-13(30)14(31)27(3)25-18/h7H,5-6H2,1-4H3,(H2,21,22)(H,24,29)(H,32,33)(H,23,25,30)/b26-10+/t19-,20-/m1/s1. The first kappa shape index (κ1) is 27.4. The number of carbonyl (C=O) groups is 3. The molecule has 2 aliphatic rings. The Morgan fingerprint density at radius 2 is 2.08 bits per heavy atom. The van der Waals surface area contributed by atoms with Gasteiger partial charge < -0.3 is 21.0 Å². The van der Waals surface area contributed by atoms with Gasteiger partial charge in [-0.25, -0.2) is 14.5 Å². The maximum atomic E-state index is 13.4. The van der Waals surface area contributed by atoms with Gasteiger partial charge in [0, 0.05) is 23.9 Å². The lowest BCUT2D eigenvalue weighted by Gasteiger charge is -2.63. The van der Waals surface area contributed by atoms with Crippen LogP contribution in [-0.4, -0.2) is 82.3 Å². The number of nitrogens with two attached hydrogens (primary N) is 1. The Kier molecular flexibility index (Phi) is 7.15. The van der Waals surface area contributed by atoms with Crippen LogP contribution in [0.15, 0.2) is 36.6 Å². The van der Waals surface area contributed by atoms with E-state index in [0.717, 1.165) is 32.7 Å². The number of β-lactam (4-membered cyclic amide) rings is 1. The van der Waals surface area contributed by atoms with Gasteiger partial charge in [-0.15, -0.1) is 28.2 Å². The van der Waals surface area contributed by atoms with Crippen molar-refractivity contribution >= 4 is 63.5 Å². The number of nitrogen functional groups attached to an aromatic ring is 1. The maximum Gasteiger partial charge on any atom is 0.352 e. The number of rotatable bonds is 8. The third kappa shape index (κ3) is 4.37. The molecular weight excluding hydrogens is 560 g/mol. The zero-order valence-corrected chi connectivity index (χ0v) is 22.9. The molecule has 0 bridgehead atoms. The monoisotopic (exact) mass is 582 g/mol. The molecule has 0 unspecified atom stereocenters. The van der Waals surface area contributed by atoms with E-state index < -0.39 is 39.3 Å². The van der Waals surface area contributed by atoms with Gasteiger partial charge in [0.05, 0.1) is 0 Å². The first-order chi connectivity index (χ1) is 17.8. The highest BCUT2D eigenvalue weighted by atomic mass is 32.2. The lowest BCUT2D eigenvalue weighted by atomic mass is 9.79. The van der Waals surface area contributed by atoms with Gasteiger partial charge in [0.2, 0.25) is 0 Å². The number of nitrogens with one attached hydrogen (secondary N) is 2. The van der Waals surface area contributed by atoms with Crippen molar-refractivity contribution in [2.45, 2.75) is 29.4 Å². The Bertz CT molecular complexity index is 1530. The summed E-state index contributed by atoms with van der Waals surface area (Å²) in [5.74, 6) is -2.42. The summed E-state index contributed by atoms with van der Waals surface area (Å²) in [6.45, 7) is 3.17. The van der Waals surface area contributed by atoms with E-state index in [9.17, 15) is 29.1 Å². The number of hydrogen-bond acceptors (Lipinski definition) is 13. The summed E-state index contributed by atoms with van der Waals surface area (Å²) in [6.07, 6.45) is 0. The number of aromatic nitrogens is 4. The van der Waals surface area contributed by atoms with Gasteiger partial charge in [-0.1, -0.05) is 16.9 Å². The molecule has 1 saturated heterocycles. The number of carboxylic acid groups (broad SMARTS) is 1. The van der Waals surface area contributed by atoms with E-state index in [1.54, 1.807) is 6.92 Å². The number of amides is 2. The summed E-state index contributed by atoms with van der Waals surface area (Å²) in [5.41, 5.74) is 2.64. The van der Waals surface area contributed by atoms with Crippen LogP contribution in [0.3, 0.4) is 0 Å². The second-order valence-electron chi connectivity index (χ2n) is 8.42. The number of aryl methyl sites for hydroxylation is 1. The van der Waals surface area contributed by atoms with Crippen LogP contribution in [0.4, 0.5) is 5.13 Å². The summed E-state index contributed by atoms with van der Waals surface area (Å²) >= 11 is 3.38. The first-order valence-corrected chi connectivity index (χ1v) is 13.6. The van der Waals surface area contributed by atoms with Gasteiger partial charge >= 0.3 is 17.1 Å². The number of thiazole rings is 1. The van der Waals surface area contributed by atoms with Crippen molar-refractivity contribution in [1.82, 2.24) is 30.0 Å². The molecule has 2 aliphatic heterocycles. The predicted octanol–water partition coefficient (Wildman–Crippen LogP) is -0.831. The van der Waals surface area contributed by atoms with Crippen molar-refractivity contribution in [3.05, 3.63) is 43.1 Å². The Labute approximate surface area is 226 Å². The zero-order chi connectivity index (χ0) is 28.0. The maximum absolute atomic E-state index is 13.4. The summed E-state index contributed by atoms with van der Waals surface area (Å²) in [6, 6.07) is 0. The molecule has 2 aromatic rings. The third-order valence-electron chi connectivity index (χ3n) is 6.13. The Balaban J connectivity index is 1.60. The molecule has 0 radical (unpaired) electrons. The van der Waals surface area contributed by atoms with Crippen molar-refractivity contribution < 1.29 is 24.3 Å². The molecule has 4 rings (SSSR count). The van der Waals surface area contributed by atoms with Gasteiger partial charge in [-0.3, -0.25) is 29.1 Å². The minimum Gasteiger partial charge on any atom is -0.477 e. The van der Waals surface area contributed by atoms with Crippen LogP contribution in [0.25, 0.3) is 0 Å². The Morgan fingerprint density at radius 1 is 1.37 bits per heavy atom. The molecular formula is C20H22N8O7S3. The molecule has 2 amide bonds. The number of carboxylic acids is 1. The van der Waals surface area contributed by atoms with Gasteiger partial charge in [0.25, 0.3) is 11.8 Å². The molecule has 2 atom stereocenters. The number of fused-ring (bicyclic) bond motifs is 1. The highest BCUT2D eigenvalue weighted by molar-refractivity contribution is 8.01. The van der Waals surface area contributed by atoms with E-state index in [2.05, 4.69) is 25.5 Å². The quantitative estimate of drug-likeness (QED) is 0.0986. The van der Waals surface area contributed by atoms with Crippen LogP contribution in [-0.2, 0) is 26.3 Å². The van der Waals surface area contributed by atoms with Gasteiger partial charge in [-0.2, -0.15) is 0 Å². The summed E-state index contributed by atoms with van der Waals surface area (Å²) in [5, 5.41) is 22.2. The minimum atomic E-state index is -1.49. The van der Waals surface area contributed by atoms with Gasteiger partial charge in [0.1, 0.15) is 28.9 Å². The van der Waals surface area contributed by atoms with E-state index in [-0.39, 0.29) is 38.9 Å². The average molecular weight is 583 g/mol. The molecule has 38 heavy (non-hydrogen) atoms. The number of carbonyl (C=O) groups excluding carboxylic acids is 2. The molecule has 2 aromatic heterocycles. The highest BCUT2D eigenvalue weighted by Gasteiger charge is 2.70. The van der Waals surface area contributed by atoms with E-state index in [4.69, 9.17) is 10.6 Å².